The molecule has 0 saturated heterocycles. The molecule has 0 radical (unpaired) electrons. The van der Waals surface area contributed by atoms with Crippen LogP contribution in [-0.2, 0) is 0 Å². The number of nitrogens with zero attached hydrogens (tertiary/aromatic N) is 4. The number of H-pyrrole nitrogens is 1. The van der Waals surface area contributed by atoms with E-state index in [4.69, 9.17) is 11.6 Å². The van der Waals surface area contributed by atoms with Crippen LogP contribution >= 0.6 is 11.6 Å². The van der Waals surface area contributed by atoms with Crippen LogP contribution in [0.4, 0.5) is 5.95 Å². The molecule has 2 aromatic heterocycles. The van der Waals surface area contributed by atoms with E-state index in [0.717, 1.165) is 0 Å². The van der Waals surface area contributed by atoms with Crippen molar-refractivity contribution in [3.63, 3.8) is 0 Å². The van der Waals surface area contributed by atoms with Crippen molar-refractivity contribution in [3.8, 4) is 0 Å². The number of carbonyl (C=O) groups excluding carboxylic acids is 1. The van der Waals surface area contributed by atoms with Crippen LogP contribution in [0.2, 0.25) is 5.15 Å². The Balaban J connectivity index is 2.11. The smallest absolute Gasteiger partial charge is 0.278 e. The SMILES string of the molecule is O=C(Nc1ncn[nH]1)c1cnc(Cl)cn1. The third kappa shape index (κ3) is 2.26. The summed E-state index contributed by atoms with van der Waals surface area (Å²) in [4.78, 5) is 22.7. The Morgan fingerprint density at radius 1 is 1.33 bits per heavy atom. The van der Waals surface area contributed by atoms with E-state index in [2.05, 4.69) is 30.5 Å². The van der Waals surface area contributed by atoms with E-state index in [9.17, 15) is 4.79 Å². The number of rotatable bonds is 2. The lowest BCUT2D eigenvalue weighted by Crippen LogP contribution is -2.14. The molecule has 0 bridgehead atoms. The number of amides is 1. The molecule has 8 heteroatoms. The van der Waals surface area contributed by atoms with E-state index < -0.39 is 5.91 Å². The average Bonchev–Trinajstić information content (AvgIpc) is 2.71. The fourth-order valence-electron chi connectivity index (χ4n) is 0.867. The van der Waals surface area contributed by atoms with Crippen LogP contribution in [0.25, 0.3) is 0 Å². The summed E-state index contributed by atoms with van der Waals surface area (Å²) in [6, 6.07) is 0. The summed E-state index contributed by atoms with van der Waals surface area (Å²) >= 11 is 5.53. The van der Waals surface area contributed by atoms with Crippen LogP contribution < -0.4 is 5.32 Å². The number of carbonyl (C=O) groups is 1. The van der Waals surface area contributed by atoms with Crippen molar-refractivity contribution in [3.05, 3.63) is 29.6 Å². The third-order valence-electron chi connectivity index (χ3n) is 1.50. The van der Waals surface area contributed by atoms with Crippen LogP contribution in [0.5, 0.6) is 0 Å². The maximum absolute atomic E-state index is 11.5. The summed E-state index contributed by atoms with van der Waals surface area (Å²) in [6.45, 7) is 0. The van der Waals surface area contributed by atoms with Gasteiger partial charge >= 0.3 is 0 Å². The van der Waals surface area contributed by atoms with Crippen LogP contribution in [0.1, 0.15) is 10.5 Å². The summed E-state index contributed by atoms with van der Waals surface area (Å²) < 4.78 is 0. The van der Waals surface area contributed by atoms with E-state index in [1.54, 1.807) is 0 Å². The molecule has 0 spiro atoms. The van der Waals surface area contributed by atoms with Gasteiger partial charge in [0.15, 0.2) is 0 Å². The van der Waals surface area contributed by atoms with Gasteiger partial charge in [0.1, 0.15) is 17.2 Å². The molecule has 15 heavy (non-hydrogen) atoms. The second kappa shape index (κ2) is 4.01. The molecule has 0 atom stereocenters. The zero-order chi connectivity index (χ0) is 10.7. The standard InChI is InChI=1S/C7H5ClN6O/c8-5-2-9-4(1-10-5)6(15)13-7-11-3-12-14-7/h1-3H,(H2,11,12,13,14,15). The van der Waals surface area contributed by atoms with E-state index in [-0.39, 0.29) is 16.8 Å². The topological polar surface area (TPSA) is 96.5 Å². The lowest BCUT2D eigenvalue weighted by atomic mass is 10.4. The quantitative estimate of drug-likeness (QED) is 0.774. The Labute approximate surface area is 88.9 Å². The molecule has 0 aliphatic carbocycles. The van der Waals surface area contributed by atoms with E-state index >= 15 is 0 Å². The van der Waals surface area contributed by atoms with E-state index in [1.165, 1.54) is 18.7 Å². The summed E-state index contributed by atoms with van der Waals surface area (Å²) in [5, 5.41) is 8.73. The van der Waals surface area contributed by atoms with Crippen molar-refractivity contribution in [2.45, 2.75) is 0 Å². The Morgan fingerprint density at radius 3 is 2.80 bits per heavy atom. The fourth-order valence-corrected chi connectivity index (χ4v) is 0.964. The first-order chi connectivity index (χ1) is 7.25. The van der Waals surface area contributed by atoms with Crippen LogP contribution in [0.3, 0.4) is 0 Å². The minimum Gasteiger partial charge on any atom is -0.289 e. The molecule has 2 heterocycles. The van der Waals surface area contributed by atoms with Crippen molar-refractivity contribution >= 4 is 23.5 Å². The second-order valence-corrected chi connectivity index (χ2v) is 2.90. The maximum atomic E-state index is 11.5. The van der Waals surface area contributed by atoms with Gasteiger partial charge in [-0.05, 0) is 0 Å². The lowest BCUT2D eigenvalue weighted by Gasteiger charge is -1.99. The molecule has 2 rings (SSSR count). The lowest BCUT2D eigenvalue weighted by molar-refractivity contribution is 0.102. The normalized spacial score (nSPS) is 9.93. The summed E-state index contributed by atoms with van der Waals surface area (Å²) in [7, 11) is 0. The number of aromatic nitrogens is 5. The van der Waals surface area contributed by atoms with Gasteiger partial charge < -0.3 is 0 Å². The molecule has 0 aliphatic rings. The van der Waals surface area contributed by atoms with Crippen molar-refractivity contribution in [1.29, 1.82) is 0 Å². The van der Waals surface area contributed by atoms with Gasteiger partial charge in [-0.2, -0.15) is 10.1 Å². The van der Waals surface area contributed by atoms with Crippen molar-refractivity contribution in [2.24, 2.45) is 0 Å². The van der Waals surface area contributed by atoms with Gasteiger partial charge in [0.05, 0.1) is 12.4 Å². The van der Waals surface area contributed by atoms with E-state index in [1.807, 2.05) is 0 Å². The Kier molecular flexibility index (Phi) is 2.55. The van der Waals surface area contributed by atoms with Gasteiger partial charge in [-0.1, -0.05) is 11.6 Å². The number of aromatic amines is 1. The summed E-state index contributed by atoms with van der Waals surface area (Å²) in [5.74, 6) is -0.187. The Hall–Kier alpha value is -2.02. The largest absolute Gasteiger partial charge is 0.289 e. The van der Waals surface area contributed by atoms with Crippen LogP contribution in [0.15, 0.2) is 18.7 Å². The molecular weight excluding hydrogens is 220 g/mol. The molecule has 0 unspecified atom stereocenters. The van der Waals surface area contributed by atoms with Crippen LogP contribution in [0, 0.1) is 0 Å². The zero-order valence-electron chi connectivity index (χ0n) is 7.31. The number of anilines is 1. The first kappa shape index (κ1) is 9.53. The number of hydrogen-bond acceptors (Lipinski definition) is 5. The minimum absolute atomic E-state index is 0.149. The molecule has 0 fully saturated rings. The monoisotopic (exact) mass is 224 g/mol. The summed E-state index contributed by atoms with van der Waals surface area (Å²) in [5.41, 5.74) is 0.149. The second-order valence-electron chi connectivity index (χ2n) is 2.51. The highest BCUT2D eigenvalue weighted by Gasteiger charge is 2.09. The van der Waals surface area contributed by atoms with Crippen molar-refractivity contribution in [2.75, 3.05) is 5.32 Å². The van der Waals surface area contributed by atoms with E-state index in [0.29, 0.717) is 0 Å². The maximum Gasteiger partial charge on any atom is 0.278 e. The highest BCUT2D eigenvalue weighted by molar-refractivity contribution is 6.29. The first-order valence-corrected chi connectivity index (χ1v) is 4.28. The Bertz CT molecular complexity index is 453. The highest BCUT2D eigenvalue weighted by Crippen LogP contribution is 2.03. The number of halogens is 1. The molecular formula is C7H5ClN6O. The molecule has 2 N–H and O–H groups in total. The summed E-state index contributed by atoms with van der Waals surface area (Å²) in [6.07, 6.45) is 3.84. The number of nitrogens with one attached hydrogen (secondary N) is 2. The van der Waals surface area contributed by atoms with Gasteiger partial charge in [0, 0.05) is 0 Å². The molecule has 7 nitrogen and oxygen atoms in total. The van der Waals surface area contributed by atoms with Gasteiger partial charge in [-0.25, -0.2) is 15.1 Å². The first-order valence-electron chi connectivity index (χ1n) is 3.90. The third-order valence-corrected chi connectivity index (χ3v) is 1.70. The predicted molar refractivity (Wildman–Crippen MR) is 51.4 cm³/mol. The average molecular weight is 225 g/mol. The molecule has 1 amide bonds. The molecule has 0 aromatic carbocycles. The minimum atomic E-state index is -0.434. The highest BCUT2D eigenvalue weighted by atomic mass is 35.5. The van der Waals surface area contributed by atoms with Crippen molar-refractivity contribution in [1.82, 2.24) is 25.1 Å². The Morgan fingerprint density at radius 2 is 2.20 bits per heavy atom. The van der Waals surface area contributed by atoms with Gasteiger partial charge in [0.25, 0.3) is 5.91 Å². The van der Waals surface area contributed by atoms with Crippen LogP contribution in [-0.4, -0.2) is 31.1 Å². The fraction of sp³-hybridized carbons (Fsp3) is 0. The van der Waals surface area contributed by atoms with Gasteiger partial charge in [0.2, 0.25) is 5.95 Å². The molecule has 76 valence electrons. The predicted octanol–water partition coefficient (Wildman–Crippen LogP) is 0.500. The van der Waals surface area contributed by atoms with Gasteiger partial charge in [-0.3, -0.25) is 10.1 Å². The number of hydrogen-bond donors (Lipinski definition) is 2. The van der Waals surface area contributed by atoms with Gasteiger partial charge in [-0.15, -0.1) is 0 Å². The molecule has 2 aromatic rings. The zero-order valence-corrected chi connectivity index (χ0v) is 8.06. The molecule has 0 aliphatic heterocycles. The molecule has 0 saturated carbocycles. The van der Waals surface area contributed by atoms with Crippen molar-refractivity contribution < 1.29 is 4.79 Å².